The van der Waals surface area contributed by atoms with Gasteiger partial charge in [-0.25, -0.2) is 4.79 Å². The van der Waals surface area contributed by atoms with Crippen molar-refractivity contribution in [1.29, 1.82) is 0 Å². The molecule has 0 aliphatic heterocycles. The van der Waals surface area contributed by atoms with E-state index in [1.165, 1.54) is 18.2 Å². The van der Waals surface area contributed by atoms with E-state index in [9.17, 15) is 4.79 Å². The molecule has 0 amide bonds. The molecule has 4 heteroatoms. The van der Waals surface area contributed by atoms with Crippen molar-refractivity contribution in [3.63, 3.8) is 0 Å². The summed E-state index contributed by atoms with van der Waals surface area (Å²) >= 11 is 0. The van der Waals surface area contributed by atoms with Crippen molar-refractivity contribution >= 4 is 5.97 Å². The standard InChI is InChI=1S/C16H18O4/c1-11-4-5-13(12(2)8-11)9-19-10-14-6-7-15(20-14)16(17)18-3/h4-8H,9-10H2,1-3H3. The van der Waals surface area contributed by atoms with Gasteiger partial charge in [-0.15, -0.1) is 0 Å². The highest BCUT2D eigenvalue weighted by Gasteiger charge is 2.11. The molecule has 2 aromatic rings. The normalized spacial score (nSPS) is 10.6. The Morgan fingerprint density at radius 3 is 2.65 bits per heavy atom. The van der Waals surface area contributed by atoms with Crippen LogP contribution in [0.25, 0.3) is 0 Å². The quantitative estimate of drug-likeness (QED) is 0.784. The number of carbonyl (C=O) groups excluding carboxylic acids is 1. The zero-order valence-corrected chi connectivity index (χ0v) is 11.9. The van der Waals surface area contributed by atoms with E-state index in [1.807, 2.05) is 0 Å². The number of benzene rings is 1. The van der Waals surface area contributed by atoms with Gasteiger partial charge in [0.05, 0.1) is 13.7 Å². The van der Waals surface area contributed by atoms with Crippen LogP contribution in [0.4, 0.5) is 0 Å². The molecule has 0 radical (unpaired) electrons. The van der Waals surface area contributed by atoms with Gasteiger partial charge in [-0.3, -0.25) is 0 Å². The van der Waals surface area contributed by atoms with Crippen LogP contribution in [0.15, 0.2) is 34.7 Å². The molecule has 1 aromatic carbocycles. The number of ether oxygens (including phenoxy) is 2. The number of hydrogen-bond acceptors (Lipinski definition) is 4. The molecule has 0 atom stereocenters. The lowest BCUT2D eigenvalue weighted by atomic mass is 10.1. The van der Waals surface area contributed by atoms with Gasteiger partial charge < -0.3 is 13.9 Å². The minimum Gasteiger partial charge on any atom is -0.463 e. The number of methoxy groups -OCH3 is 1. The minimum atomic E-state index is -0.481. The first-order valence-corrected chi connectivity index (χ1v) is 6.41. The molecule has 20 heavy (non-hydrogen) atoms. The maximum absolute atomic E-state index is 11.2. The van der Waals surface area contributed by atoms with E-state index in [-0.39, 0.29) is 5.76 Å². The summed E-state index contributed by atoms with van der Waals surface area (Å²) in [7, 11) is 1.32. The van der Waals surface area contributed by atoms with Crippen molar-refractivity contribution in [1.82, 2.24) is 0 Å². The molecule has 106 valence electrons. The summed E-state index contributed by atoms with van der Waals surface area (Å²) in [6.07, 6.45) is 0. The Kier molecular flexibility index (Phi) is 4.58. The zero-order valence-electron chi connectivity index (χ0n) is 11.9. The van der Waals surface area contributed by atoms with E-state index in [1.54, 1.807) is 12.1 Å². The van der Waals surface area contributed by atoms with Crippen LogP contribution >= 0.6 is 0 Å². The highest BCUT2D eigenvalue weighted by Crippen LogP contribution is 2.14. The van der Waals surface area contributed by atoms with Gasteiger partial charge in [-0.2, -0.15) is 0 Å². The first-order valence-electron chi connectivity index (χ1n) is 6.41. The lowest BCUT2D eigenvalue weighted by Gasteiger charge is -2.07. The average molecular weight is 274 g/mol. The maximum atomic E-state index is 11.2. The van der Waals surface area contributed by atoms with Crippen LogP contribution in [0.2, 0.25) is 0 Å². The molecular formula is C16H18O4. The van der Waals surface area contributed by atoms with E-state index in [0.29, 0.717) is 19.0 Å². The summed E-state index contributed by atoms with van der Waals surface area (Å²) in [5.41, 5.74) is 3.59. The summed E-state index contributed by atoms with van der Waals surface area (Å²) < 4.78 is 15.5. The summed E-state index contributed by atoms with van der Waals surface area (Å²) in [6, 6.07) is 9.55. The highest BCUT2D eigenvalue weighted by molar-refractivity contribution is 5.86. The first-order chi connectivity index (χ1) is 9.60. The Labute approximate surface area is 118 Å². The number of furan rings is 1. The van der Waals surface area contributed by atoms with Crippen molar-refractivity contribution < 1.29 is 18.7 Å². The van der Waals surface area contributed by atoms with Crippen LogP contribution in [0.1, 0.15) is 33.0 Å². The molecule has 0 N–H and O–H groups in total. The molecule has 1 heterocycles. The SMILES string of the molecule is COC(=O)c1ccc(COCc2ccc(C)cc2C)o1. The predicted octanol–water partition coefficient (Wildman–Crippen LogP) is 3.40. The number of rotatable bonds is 5. The lowest BCUT2D eigenvalue weighted by Crippen LogP contribution is -1.99. The molecule has 2 rings (SSSR count). The van der Waals surface area contributed by atoms with Gasteiger partial charge in [0.2, 0.25) is 5.76 Å². The molecule has 1 aromatic heterocycles. The third-order valence-corrected chi connectivity index (χ3v) is 3.05. The molecule has 0 bridgehead atoms. The van der Waals surface area contributed by atoms with Crippen molar-refractivity contribution in [2.45, 2.75) is 27.1 Å². The summed E-state index contributed by atoms with van der Waals surface area (Å²) in [4.78, 5) is 11.2. The van der Waals surface area contributed by atoms with Crippen molar-refractivity contribution in [3.8, 4) is 0 Å². The summed E-state index contributed by atoms with van der Waals surface area (Å²) in [5, 5.41) is 0. The zero-order chi connectivity index (χ0) is 14.5. The number of hydrogen-bond donors (Lipinski definition) is 0. The topological polar surface area (TPSA) is 48.7 Å². The highest BCUT2D eigenvalue weighted by atomic mass is 16.5. The van der Waals surface area contributed by atoms with E-state index in [4.69, 9.17) is 9.15 Å². The van der Waals surface area contributed by atoms with Crippen LogP contribution in [-0.2, 0) is 22.7 Å². The van der Waals surface area contributed by atoms with E-state index >= 15 is 0 Å². The summed E-state index contributed by atoms with van der Waals surface area (Å²) in [6.45, 7) is 4.97. The van der Waals surface area contributed by atoms with E-state index in [2.05, 4.69) is 36.8 Å². The molecule has 0 unspecified atom stereocenters. The molecule has 0 aliphatic rings. The fourth-order valence-electron chi connectivity index (χ4n) is 1.94. The monoisotopic (exact) mass is 274 g/mol. The Morgan fingerprint density at radius 2 is 1.95 bits per heavy atom. The second-order valence-corrected chi connectivity index (χ2v) is 4.68. The average Bonchev–Trinajstić information content (AvgIpc) is 2.89. The Hall–Kier alpha value is -2.07. The number of aryl methyl sites for hydroxylation is 2. The van der Waals surface area contributed by atoms with Crippen molar-refractivity contribution in [2.24, 2.45) is 0 Å². The second kappa shape index (κ2) is 6.39. The molecule has 0 saturated carbocycles. The second-order valence-electron chi connectivity index (χ2n) is 4.68. The van der Waals surface area contributed by atoms with Crippen molar-refractivity contribution in [2.75, 3.05) is 7.11 Å². The molecular weight excluding hydrogens is 256 g/mol. The minimum absolute atomic E-state index is 0.192. The molecule has 0 saturated heterocycles. The Morgan fingerprint density at radius 1 is 1.15 bits per heavy atom. The van der Waals surface area contributed by atoms with Crippen LogP contribution in [0, 0.1) is 13.8 Å². The van der Waals surface area contributed by atoms with E-state index < -0.39 is 5.97 Å². The first kappa shape index (κ1) is 14.3. The molecule has 4 nitrogen and oxygen atoms in total. The summed E-state index contributed by atoms with van der Waals surface area (Å²) in [5.74, 6) is 0.318. The van der Waals surface area contributed by atoms with Crippen LogP contribution < -0.4 is 0 Å². The maximum Gasteiger partial charge on any atom is 0.373 e. The van der Waals surface area contributed by atoms with Gasteiger partial charge in [-0.05, 0) is 37.1 Å². The van der Waals surface area contributed by atoms with E-state index in [0.717, 1.165) is 5.56 Å². The molecule has 0 spiro atoms. The van der Waals surface area contributed by atoms with Gasteiger partial charge in [0.15, 0.2) is 0 Å². The lowest BCUT2D eigenvalue weighted by molar-refractivity contribution is 0.0548. The van der Waals surface area contributed by atoms with Crippen molar-refractivity contribution in [3.05, 3.63) is 58.5 Å². The van der Waals surface area contributed by atoms with Crippen LogP contribution in [-0.4, -0.2) is 13.1 Å². The third kappa shape index (κ3) is 3.48. The predicted molar refractivity (Wildman–Crippen MR) is 74.5 cm³/mol. The fraction of sp³-hybridized carbons (Fsp3) is 0.312. The van der Waals surface area contributed by atoms with Gasteiger partial charge in [0.25, 0.3) is 0 Å². The Balaban J connectivity index is 1.89. The van der Waals surface area contributed by atoms with Gasteiger partial charge in [-0.1, -0.05) is 23.8 Å². The van der Waals surface area contributed by atoms with Gasteiger partial charge >= 0.3 is 5.97 Å². The fourth-order valence-corrected chi connectivity index (χ4v) is 1.94. The number of esters is 1. The number of carbonyl (C=O) groups is 1. The van der Waals surface area contributed by atoms with Gasteiger partial charge in [0, 0.05) is 0 Å². The molecule has 0 aliphatic carbocycles. The smallest absolute Gasteiger partial charge is 0.373 e. The molecule has 0 fully saturated rings. The Bertz CT molecular complexity index is 598. The largest absolute Gasteiger partial charge is 0.463 e. The third-order valence-electron chi connectivity index (χ3n) is 3.05. The van der Waals surface area contributed by atoms with Gasteiger partial charge in [0.1, 0.15) is 12.4 Å². The van der Waals surface area contributed by atoms with Crippen LogP contribution in [0.3, 0.4) is 0 Å². The van der Waals surface area contributed by atoms with Crippen LogP contribution in [0.5, 0.6) is 0 Å².